The van der Waals surface area contributed by atoms with Gasteiger partial charge in [-0.15, -0.1) is 0 Å². The molecule has 0 aliphatic rings. The Morgan fingerprint density at radius 1 is 1.24 bits per heavy atom. The molecular weight excluding hydrogens is 285 g/mol. The van der Waals surface area contributed by atoms with Crippen LogP contribution >= 0.6 is 0 Å². The van der Waals surface area contributed by atoms with Crippen LogP contribution in [0.3, 0.4) is 0 Å². The monoisotopic (exact) mass is 300 g/mol. The summed E-state index contributed by atoms with van der Waals surface area (Å²) in [6.07, 6.45) is -2.79. The van der Waals surface area contributed by atoms with Gasteiger partial charge in [-0.1, -0.05) is 17.3 Å². The van der Waals surface area contributed by atoms with E-state index in [0.29, 0.717) is 31.0 Å². The molecule has 0 atom stereocenters. The maximum absolute atomic E-state index is 12.5. The van der Waals surface area contributed by atoms with Gasteiger partial charge in [0, 0.05) is 31.3 Å². The molecule has 2 aromatic rings. The summed E-state index contributed by atoms with van der Waals surface area (Å²) in [7, 11) is 1.61. The van der Waals surface area contributed by atoms with Gasteiger partial charge in [0.15, 0.2) is 5.76 Å². The molecule has 0 aliphatic carbocycles. The molecule has 21 heavy (non-hydrogen) atoms. The van der Waals surface area contributed by atoms with E-state index in [2.05, 4.69) is 10.5 Å². The van der Waals surface area contributed by atoms with E-state index in [1.807, 2.05) is 0 Å². The Kier molecular flexibility index (Phi) is 4.98. The number of aromatic nitrogens is 1. The van der Waals surface area contributed by atoms with E-state index < -0.39 is 11.7 Å². The quantitative estimate of drug-likeness (QED) is 0.833. The van der Waals surface area contributed by atoms with Crippen LogP contribution in [-0.4, -0.2) is 25.4 Å². The lowest BCUT2D eigenvalue weighted by molar-refractivity contribution is -0.137. The summed E-state index contributed by atoms with van der Waals surface area (Å²) in [5.74, 6) is 0.466. The lowest BCUT2D eigenvalue weighted by Gasteiger charge is -2.07. The summed E-state index contributed by atoms with van der Waals surface area (Å²) >= 11 is 0. The lowest BCUT2D eigenvalue weighted by atomic mass is 10.1. The first-order valence-corrected chi connectivity index (χ1v) is 6.33. The van der Waals surface area contributed by atoms with Gasteiger partial charge in [-0.3, -0.25) is 0 Å². The van der Waals surface area contributed by atoms with Crippen LogP contribution in [0, 0.1) is 0 Å². The number of methoxy groups -OCH3 is 1. The minimum Gasteiger partial charge on any atom is -0.383 e. The summed E-state index contributed by atoms with van der Waals surface area (Å²) < 4.78 is 47.6. The van der Waals surface area contributed by atoms with Crippen molar-refractivity contribution in [3.8, 4) is 11.3 Å². The zero-order valence-corrected chi connectivity index (χ0v) is 11.4. The molecule has 0 saturated heterocycles. The minimum absolute atomic E-state index is 0.466. The van der Waals surface area contributed by atoms with Crippen molar-refractivity contribution in [3.63, 3.8) is 0 Å². The predicted octanol–water partition coefficient (Wildman–Crippen LogP) is 3.10. The van der Waals surface area contributed by atoms with Gasteiger partial charge < -0.3 is 14.6 Å². The van der Waals surface area contributed by atoms with Gasteiger partial charge in [-0.05, 0) is 12.1 Å². The number of alkyl halides is 3. The summed E-state index contributed by atoms with van der Waals surface area (Å²) in [6.45, 7) is 1.73. The Bertz CT molecular complexity index is 564. The maximum atomic E-state index is 12.5. The van der Waals surface area contributed by atoms with Crippen LogP contribution in [0.2, 0.25) is 0 Å². The number of ether oxygens (including phenoxy) is 1. The van der Waals surface area contributed by atoms with Crippen molar-refractivity contribution < 1.29 is 22.4 Å². The number of halogens is 3. The Balaban J connectivity index is 2.10. The highest BCUT2D eigenvalue weighted by Gasteiger charge is 2.30. The molecule has 0 aliphatic heterocycles. The van der Waals surface area contributed by atoms with E-state index in [1.165, 1.54) is 12.1 Å². The second-order valence-corrected chi connectivity index (χ2v) is 4.42. The van der Waals surface area contributed by atoms with Crippen molar-refractivity contribution in [2.45, 2.75) is 12.7 Å². The molecule has 0 amide bonds. The number of benzene rings is 1. The van der Waals surface area contributed by atoms with E-state index in [1.54, 1.807) is 13.3 Å². The van der Waals surface area contributed by atoms with Crippen molar-refractivity contribution in [2.75, 3.05) is 20.3 Å². The van der Waals surface area contributed by atoms with Crippen LogP contribution in [-0.2, 0) is 17.5 Å². The van der Waals surface area contributed by atoms with Crippen molar-refractivity contribution in [3.05, 3.63) is 41.6 Å². The maximum Gasteiger partial charge on any atom is 0.416 e. The molecule has 0 bridgehead atoms. The number of hydrogen-bond donors (Lipinski definition) is 1. The van der Waals surface area contributed by atoms with Crippen molar-refractivity contribution in [1.82, 2.24) is 10.5 Å². The molecule has 1 aromatic heterocycles. The molecule has 4 nitrogen and oxygen atoms in total. The summed E-state index contributed by atoms with van der Waals surface area (Å²) in [4.78, 5) is 0. The number of rotatable bonds is 6. The van der Waals surface area contributed by atoms with E-state index in [4.69, 9.17) is 9.26 Å². The predicted molar refractivity (Wildman–Crippen MR) is 70.5 cm³/mol. The van der Waals surface area contributed by atoms with Crippen LogP contribution in [0.25, 0.3) is 11.3 Å². The SMILES string of the molecule is COCCNCc1cnoc1-c1ccc(C(F)(F)F)cc1. The Morgan fingerprint density at radius 3 is 2.57 bits per heavy atom. The second-order valence-electron chi connectivity index (χ2n) is 4.42. The average Bonchev–Trinajstić information content (AvgIpc) is 2.91. The zero-order chi connectivity index (χ0) is 15.3. The second kappa shape index (κ2) is 6.73. The molecule has 7 heteroatoms. The normalized spacial score (nSPS) is 11.8. The molecule has 0 unspecified atom stereocenters. The molecule has 1 aromatic carbocycles. The summed E-state index contributed by atoms with van der Waals surface area (Å²) in [5.41, 5.74) is 0.653. The first-order valence-electron chi connectivity index (χ1n) is 6.33. The highest BCUT2D eigenvalue weighted by molar-refractivity contribution is 5.61. The fraction of sp³-hybridized carbons (Fsp3) is 0.357. The van der Waals surface area contributed by atoms with Gasteiger partial charge in [0.2, 0.25) is 0 Å². The van der Waals surface area contributed by atoms with Crippen LogP contribution in [0.4, 0.5) is 13.2 Å². The van der Waals surface area contributed by atoms with Gasteiger partial charge in [0.25, 0.3) is 0 Å². The topological polar surface area (TPSA) is 47.3 Å². The first kappa shape index (κ1) is 15.5. The van der Waals surface area contributed by atoms with Crippen LogP contribution < -0.4 is 5.32 Å². The van der Waals surface area contributed by atoms with Crippen molar-refractivity contribution >= 4 is 0 Å². The minimum atomic E-state index is -4.34. The van der Waals surface area contributed by atoms with Crippen LogP contribution in [0.15, 0.2) is 35.0 Å². The van der Waals surface area contributed by atoms with Crippen molar-refractivity contribution in [2.24, 2.45) is 0 Å². The Labute approximate surface area is 119 Å². The number of nitrogens with one attached hydrogen (secondary N) is 1. The van der Waals surface area contributed by atoms with E-state index in [-0.39, 0.29) is 0 Å². The molecule has 0 spiro atoms. The third-order valence-electron chi connectivity index (χ3n) is 2.92. The lowest BCUT2D eigenvalue weighted by Crippen LogP contribution is -2.18. The average molecular weight is 300 g/mol. The molecule has 0 saturated carbocycles. The number of nitrogens with zero attached hydrogens (tertiary/aromatic N) is 1. The molecule has 1 heterocycles. The van der Waals surface area contributed by atoms with Gasteiger partial charge in [-0.25, -0.2) is 0 Å². The third-order valence-corrected chi connectivity index (χ3v) is 2.92. The largest absolute Gasteiger partial charge is 0.416 e. The Morgan fingerprint density at radius 2 is 1.95 bits per heavy atom. The summed E-state index contributed by atoms with van der Waals surface area (Å²) in [5, 5.41) is 6.83. The molecular formula is C14H15F3N2O2. The van der Waals surface area contributed by atoms with Gasteiger partial charge in [-0.2, -0.15) is 13.2 Å². The fourth-order valence-electron chi connectivity index (χ4n) is 1.83. The number of hydrogen-bond acceptors (Lipinski definition) is 4. The molecule has 0 radical (unpaired) electrons. The van der Waals surface area contributed by atoms with Gasteiger partial charge >= 0.3 is 6.18 Å². The smallest absolute Gasteiger partial charge is 0.383 e. The fourth-order valence-corrected chi connectivity index (χ4v) is 1.83. The zero-order valence-electron chi connectivity index (χ0n) is 11.4. The molecule has 2 rings (SSSR count). The van der Waals surface area contributed by atoms with Crippen molar-refractivity contribution in [1.29, 1.82) is 0 Å². The van der Waals surface area contributed by atoms with Gasteiger partial charge in [0.1, 0.15) is 0 Å². The Hall–Kier alpha value is -1.86. The van der Waals surface area contributed by atoms with E-state index >= 15 is 0 Å². The first-order chi connectivity index (χ1) is 10.0. The standard InChI is InChI=1S/C14H15F3N2O2/c1-20-7-6-18-8-11-9-19-21-13(11)10-2-4-12(5-3-10)14(15,16)17/h2-5,9,18H,6-8H2,1H3. The van der Waals surface area contributed by atoms with E-state index in [9.17, 15) is 13.2 Å². The molecule has 1 N–H and O–H groups in total. The summed E-state index contributed by atoms with van der Waals surface area (Å²) in [6, 6.07) is 4.81. The highest BCUT2D eigenvalue weighted by atomic mass is 19.4. The van der Waals surface area contributed by atoms with E-state index in [0.717, 1.165) is 17.7 Å². The third kappa shape index (κ3) is 4.05. The molecule has 0 fully saturated rings. The van der Waals surface area contributed by atoms with Gasteiger partial charge in [0.05, 0.1) is 18.4 Å². The molecule has 114 valence electrons. The van der Waals surface area contributed by atoms with Crippen LogP contribution in [0.5, 0.6) is 0 Å². The van der Waals surface area contributed by atoms with Crippen LogP contribution in [0.1, 0.15) is 11.1 Å². The highest BCUT2D eigenvalue weighted by Crippen LogP contribution is 2.31.